The van der Waals surface area contributed by atoms with E-state index in [2.05, 4.69) is 32.4 Å². The minimum absolute atomic E-state index is 0.0874. The van der Waals surface area contributed by atoms with Crippen LogP contribution in [0.1, 0.15) is 78.6 Å². The SMILES string of the molecule is Cc1ccc(NC(=O)C2(c3cc4c(c(C5CN(c6ccc(-c7cnc(NC8CCC(C)CC8)nc7OC7COC7)cc6)CCO5)c3)OC(F)(F)O4)CC2)nc1-c1cccc(C(=O)O)c1. The number of morpholine rings is 1. The van der Waals surface area contributed by atoms with E-state index < -0.39 is 23.8 Å². The lowest BCUT2D eigenvalue weighted by atomic mass is 9.87. The van der Waals surface area contributed by atoms with Crippen LogP contribution in [0.25, 0.3) is 22.4 Å². The molecule has 14 nitrogen and oxygen atoms in total. The van der Waals surface area contributed by atoms with Gasteiger partial charge in [-0.2, -0.15) is 4.98 Å². The fraction of sp³-hybridized carbons (Fsp3) is 0.396. The van der Waals surface area contributed by atoms with Crippen LogP contribution in [0, 0.1) is 12.8 Å². The van der Waals surface area contributed by atoms with Crippen LogP contribution in [-0.4, -0.2) is 83.3 Å². The van der Waals surface area contributed by atoms with Crippen molar-refractivity contribution in [3.8, 4) is 39.8 Å². The van der Waals surface area contributed by atoms with Crippen molar-refractivity contribution in [1.82, 2.24) is 15.0 Å². The van der Waals surface area contributed by atoms with Crippen LogP contribution >= 0.6 is 0 Å². The van der Waals surface area contributed by atoms with Crippen molar-refractivity contribution < 1.29 is 47.2 Å². The van der Waals surface area contributed by atoms with Crippen LogP contribution in [-0.2, 0) is 19.7 Å². The summed E-state index contributed by atoms with van der Waals surface area (Å²) in [5.41, 5.74) is 4.33. The number of pyridine rings is 1. The first-order chi connectivity index (χ1) is 30.9. The minimum atomic E-state index is -3.90. The number of hydrogen-bond donors (Lipinski definition) is 3. The number of carboxylic acids is 1. The summed E-state index contributed by atoms with van der Waals surface area (Å²) in [4.78, 5) is 42.1. The van der Waals surface area contributed by atoms with Gasteiger partial charge < -0.3 is 44.3 Å². The number of benzene rings is 3. The van der Waals surface area contributed by atoms with E-state index in [9.17, 15) is 23.5 Å². The van der Waals surface area contributed by atoms with Gasteiger partial charge in [-0.25, -0.2) is 14.8 Å². The minimum Gasteiger partial charge on any atom is -0.478 e. The predicted octanol–water partition coefficient (Wildman–Crippen LogP) is 8.55. The lowest BCUT2D eigenvalue weighted by Gasteiger charge is -2.35. The molecule has 10 rings (SSSR count). The van der Waals surface area contributed by atoms with Crippen molar-refractivity contribution in [2.45, 2.75) is 82.3 Å². The molecule has 5 aromatic rings. The van der Waals surface area contributed by atoms with Gasteiger partial charge in [-0.1, -0.05) is 37.3 Å². The molecule has 0 radical (unpaired) electrons. The van der Waals surface area contributed by atoms with E-state index in [1.807, 2.05) is 31.2 Å². The molecule has 4 fully saturated rings. The number of ether oxygens (including phenoxy) is 5. The van der Waals surface area contributed by atoms with Gasteiger partial charge in [0.25, 0.3) is 0 Å². The summed E-state index contributed by atoms with van der Waals surface area (Å²) in [6.07, 6.45) is 2.53. The topological polar surface area (TPSA) is 166 Å². The molecule has 16 heteroatoms. The molecule has 2 saturated heterocycles. The maximum absolute atomic E-state index is 14.8. The van der Waals surface area contributed by atoms with Gasteiger partial charge in [0, 0.05) is 42.1 Å². The molecule has 3 aliphatic heterocycles. The molecular weight excluding hydrogens is 827 g/mol. The largest absolute Gasteiger partial charge is 0.586 e. The number of aromatic nitrogens is 3. The first-order valence-corrected chi connectivity index (χ1v) is 21.8. The second-order valence-electron chi connectivity index (χ2n) is 17.5. The first kappa shape index (κ1) is 41.6. The van der Waals surface area contributed by atoms with Crippen molar-refractivity contribution >= 4 is 29.3 Å². The number of fused-ring (bicyclic) bond motifs is 1. The number of carboxylic acid groups (broad SMARTS) is 1. The molecule has 3 N–H and O–H groups in total. The molecule has 5 aliphatic rings. The van der Waals surface area contributed by atoms with Gasteiger partial charge in [0.2, 0.25) is 17.7 Å². The zero-order valence-electron chi connectivity index (χ0n) is 35.4. The van der Waals surface area contributed by atoms with Crippen molar-refractivity contribution in [3.05, 3.63) is 101 Å². The summed E-state index contributed by atoms with van der Waals surface area (Å²) in [5.74, 6) is 0.324. The van der Waals surface area contributed by atoms with Crippen LogP contribution in [0.5, 0.6) is 17.4 Å². The summed E-state index contributed by atoms with van der Waals surface area (Å²) >= 11 is 0. The zero-order chi connectivity index (χ0) is 44.2. The number of anilines is 3. The molecular formula is C48H48F2N6O8. The summed E-state index contributed by atoms with van der Waals surface area (Å²) in [6, 6.07) is 21.4. The molecule has 2 aromatic heterocycles. The van der Waals surface area contributed by atoms with Gasteiger partial charge in [-0.3, -0.25) is 4.79 Å². The van der Waals surface area contributed by atoms with E-state index >= 15 is 0 Å². The number of halogens is 2. The van der Waals surface area contributed by atoms with E-state index in [0.717, 1.165) is 41.1 Å². The van der Waals surface area contributed by atoms with Crippen molar-refractivity contribution in [2.75, 3.05) is 48.4 Å². The van der Waals surface area contributed by atoms with Gasteiger partial charge in [0.15, 0.2) is 11.5 Å². The second kappa shape index (κ2) is 16.6. The van der Waals surface area contributed by atoms with E-state index in [0.29, 0.717) is 86.0 Å². The number of rotatable bonds is 12. The molecule has 3 aromatic carbocycles. The Bertz CT molecular complexity index is 2600. The van der Waals surface area contributed by atoms with Crippen LogP contribution in [0.4, 0.5) is 26.2 Å². The molecule has 2 aliphatic carbocycles. The van der Waals surface area contributed by atoms with Crippen molar-refractivity contribution in [3.63, 3.8) is 0 Å². The van der Waals surface area contributed by atoms with Gasteiger partial charge in [-0.05, 0) is 111 Å². The molecule has 2 saturated carbocycles. The zero-order valence-corrected chi connectivity index (χ0v) is 35.4. The molecule has 5 heterocycles. The monoisotopic (exact) mass is 874 g/mol. The smallest absolute Gasteiger partial charge is 0.478 e. The lowest BCUT2D eigenvalue weighted by Crippen LogP contribution is -2.39. The van der Waals surface area contributed by atoms with E-state index in [1.165, 1.54) is 31.0 Å². The molecule has 0 bridgehead atoms. The maximum Gasteiger partial charge on any atom is 0.586 e. The van der Waals surface area contributed by atoms with Crippen LogP contribution in [0.3, 0.4) is 0 Å². The Morgan fingerprint density at radius 1 is 0.938 bits per heavy atom. The Morgan fingerprint density at radius 2 is 1.73 bits per heavy atom. The third kappa shape index (κ3) is 8.39. The second-order valence-corrected chi connectivity index (χ2v) is 17.5. The highest BCUT2D eigenvalue weighted by atomic mass is 19.3. The maximum atomic E-state index is 14.8. The number of nitrogens with zero attached hydrogens (tertiary/aromatic N) is 4. The number of aromatic carboxylic acids is 1. The predicted molar refractivity (Wildman–Crippen MR) is 232 cm³/mol. The van der Waals surface area contributed by atoms with Crippen molar-refractivity contribution in [2.24, 2.45) is 5.92 Å². The van der Waals surface area contributed by atoms with Gasteiger partial charge >= 0.3 is 12.3 Å². The van der Waals surface area contributed by atoms with Crippen LogP contribution < -0.4 is 29.7 Å². The number of aryl methyl sites for hydroxylation is 1. The Morgan fingerprint density at radius 3 is 2.47 bits per heavy atom. The van der Waals surface area contributed by atoms with Gasteiger partial charge in [-0.15, -0.1) is 8.78 Å². The molecule has 1 amide bonds. The normalized spacial score (nSPS) is 22.0. The van der Waals surface area contributed by atoms with E-state index in [4.69, 9.17) is 28.7 Å². The number of amides is 1. The molecule has 332 valence electrons. The Labute approximate surface area is 368 Å². The number of nitrogens with one attached hydrogen (secondary N) is 2. The number of alkyl halides is 2. The lowest BCUT2D eigenvalue weighted by molar-refractivity contribution is -0.287. The number of hydrogen-bond acceptors (Lipinski definition) is 12. The number of carbonyl (C=O) groups excluding carboxylic acids is 1. The Kier molecular flexibility index (Phi) is 10.8. The average molecular weight is 875 g/mol. The Hall–Kier alpha value is -6.39. The highest BCUT2D eigenvalue weighted by molar-refractivity contribution is 6.01. The van der Waals surface area contributed by atoms with Crippen LogP contribution in [0.2, 0.25) is 0 Å². The van der Waals surface area contributed by atoms with E-state index in [-0.39, 0.29) is 34.9 Å². The van der Waals surface area contributed by atoms with Crippen LogP contribution in [0.15, 0.2) is 79.0 Å². The molecule has 64 heavy (non-hydrogen) atoms. The van der Waals surface area contributed by atoms with Gasteiger partial charge in [0.1, 0.15) is 18.0 Å². The van der Waals surface area contributed by atoms with Gasteiger partial charge in [0.05, 0.1) is 42.1 Å². The van der Waals surface area contributed by atoms with Crippen molar-refractivity contribution in [1.29, 1.82) is 0 Å². The third-order valence-electron chi connectivity index (χ3n) is 12.9. The summed E-state index contributed by atoms with van der Waals surface area (Å²) in [7, 11) is 0. The molecule has 0 spiro atoms. The number of carbonyl (C=O) groups is 2. The molecule has 1 unspecified atom stereocenters. The summed E-state index contributed by atoms with van der Waals surface area (Å²) < 4.78 is 57.6. The third-order valence-corrected chi connectivity index (χ3v) is 12.9. The standard InChI is InChI=1S/C48H48F2N6O8/c1-27-6-11-33(12-7-27)52-46-51-23-37(43(55-46)62-35-25-60-26-35)29-9-13-34(14-10-29)56-18-19-61-39(24-56)36-21-32(22-38-42(36)64-48(49,50)63-38)47(16-17-47)45(59)54-40-15-8-28(2)41(53-40)30-4-3-5-31(20-30)44(57)58/h3-5,8-10,13-15,20-23,27,33,35,39H,6-7,11-12,16-19,24-26H2,1-2H3,(H,57,58)(H,51,52,55)(H,53,54,59). The highest BCUT2D eigenvalue weighted by Crippen LogP contribution is 2.55. The highest BCUT2D eigenvalue weighted by Gasteiger charge is 2.54. The molecule has 1 atom stereocenters. The fourth-order valence-corrected chi connectivity index (χ4v) is 8.96. The average Bonchev–Trinajstić information content (AvgIpc) is 4.03. The fourth-order valence-electron chi connectivity index (χ4n) is 8.96. The first-order valence-electron chi connectivity index (χ1n) is 21.8. The quantitative estimate of drug-likeness (QED) is 0.109. The Balaban J connectivity index is 0.881. The summed E-state index contributed by atoms with van der Waals surface area (Å²) in [5, 5.41) is 16.0. The van der Waals surface area contributed by atoms with E-state index in [1.54, 1.807) is 36.5 Å². The summed E-state index contributed by atoms with van der Waals surface area (Å²) in [6.45, 7) is 6.29.